The van der Waals surface area contributed by atoms with Crippen molar-refractivity contribution in [3.63, 3.8) is 0 Å². The molecule has 0 radical (unpaired) electrons. The molecule has 1 amide bonds. The van der Waals surface area contributed by atoms with Crippen molar-refractivity contribution in [3.05, 3.63) is 70.8 Å². The van der Waals surface area contributed by atoms with E-state index in [0.29, 0.717) is 5.69 Å². The molecule has 2 aromatic rings. The first-order valence-electron chi connectivity index (χ1n) is 7.54. The van der Waals surface area contributed by atoms with Crippen LogP contribution in [0.1, 0.15) is 21.5 Å². The van der Waals surface area contributed by atoms with E-state index in [-0.39, 0.29) is 22.0 Å². The zero-order valence-electron chi connectivity index (χ0n) is 14.0. The van der Waals surface area contributed by atoms with Crippen molar-refractivity contribution in [3.8, 4) is 0 Å². The monoisotopic (exact) mass is 378 g/mol. The lowest BCUT2D eigenvalue weighted by Crippen LogP contribution is -2.24. The van der Waals surface area contributed by atoms with E-state index < -0.39 is 15.9 Å². The van der Waals surface area contributed by atoms with Crippen molar-refractivity contribution < 1.29 is 13.2 Å². The molecule has 7 heteroatoms. The maximum atomic E-state index is 12.7. The Morgan fingerprint density at radius 1 is 1.24 bits per heavy atom. The molecule has 5 nitrogen and oxygen atoms in total. The first-order chi connectivity index (χ1) is 11.8. The molecule has 0 aromatic heterocycles. The number of rotatable bonds is 6. The van der Waals surface area contributed by atoms with Crippen LogP contribution in [0.2, 0.25) is 5.02 Å². The Morgan fingerprint density at radius 3 is 2.64 bits per heavy atom. The molecule has 0 fully saturated rings. The van der Waals surface area contributed by atoms with Gasteiger partial charge in [0.25, 0.3) is 15.9 Å². The number of carbonyl (C=O) groups is 1. The maximum absolute atomic E-state index is 12.7. The topological polar surface area (TPSA) is 75.3 Å². The second kappa shape index (κ2) is 7.72. The van der Waals surface area contributed by atoms with Crippen LogP contribution in [-0.2, 0) is 10.0 Å². The Hall–Kier alpha value is -2.31. The van der Waals surface area contributed by atoms with E-state index in [1.165, 1.54) is 24.3 Å². The predicted molar refractivity (Wildman–Crippen MR) is 101 cm³/mol. The van der Waals surface area contributed by atoms with E-state index in [2.05, 4.69) is 16.6 Å². The molecule has 0 atom stereocenters. The lowest BCUT2D eigenvalue weighted by atomic mass is 10.1. The molecular weight excluding hydrogens is 360 g/mol. The highest BCUT2D eigenvalue weighted by molar-refractivity contribution is 7.92. The molecule has 0 aliphatic heterocycles. The Morgan fingerprint density at radius 2 is 1.96 bits per heavy atom. The summed E-state index contributed by atoms with van der Waals surface area (Å²) in [4.78, 5) is 11.9. The Bertz CT molecular complexity index is 924. The van der Waals surface area contributed by atoms with E-state index in [1.807, 2.05) is 19.9 Å². The van der Waals surface area contributed by atoms with Gasteiger partial charge in [-0.2, -0.15) is 0 Å². The second-order valence-corrected chi connectivity index (χ2v) is 7.55. The fourth-order valence-electron chi connectivity index (χ4n) is 2.18. The highest BCUT2D eigenvalue weighted by Gasteiger charge is 2.21. The largest absolute Gasteiger partial charge is 0.349 e. The zero-order chi connectivity index (χ0) is 18.6. The van der Waals surface area contributed by atoms with Gasteiger partial charge in [-0.25, -0.2) is 8.42 Å². The summed E-state index contributed by atoms with van der Waals surface area (Å²) in [7, 11) is -3.94. The molecular formula is C18H19ClN2O3S. The standard InChI is InChI=1S/C18H19ClN2O3S/c1-4-10-20-18(22)14-8-9-15(19)17(11-14)25(23,24)21-16-7-5-6-12(2)13(16)3/h4-9,11,21H,1,10H2,2-3H3,(H,20,22). The van der Waals surface area contributed by atoms with Crippen LogP contribution < -0.4 is 10.0 Å². The van der Waals surface area contributed by atoms with Gasteiger partial charge < -0.3 is 5.32 Å². The molecule has 0 unspecified atom stereocenters. The van der Waals surface area contributed by atoms with Crippen molar-refractivity contribution in [1.29, 1.82) is 0 Å². The molecule has 2 rings (SSSR count). The summed E-state index contributed by atoms with van der Waals surface area (Å²) in [5.74, 6) is -0.403. The molecule has 2 aromatic carbocycles. The molecule has 0 bridgehead atoms. The number of anilines is 1. The highest BCUT2D eigenvalue weighted by atomic mass is 35.5. The van der Waals surface area contributed by atoms with Crippen LogP contribution in [0.5, 0.6) is 0 Å². The van der Waals surface area contributed by atoms with Gasteiger partial charge in [0.1, 0.15) is 4.90 Å². The van der Waals surface area contributed by atoms with Crippen LogP contribution in [-0.4, -0.2) is 20.9 Å². The van der Waals surface area contributed by atoms with Gasteiger partial charge in [-0.05, 0) is 49.2 Å². The number of hydrogen-bond donors (Lipinski definition) is 2. The summed E-state index contributed by atoms with van der Waals surface area (Å²) in [5, 5.41) is 2.64. The summed E-state index contributed by atoms with van der Waals surface area (Å²) in [5.41, 5.74) is 2.45. The van der Waals surface area contributed by atoms with Gasteiger partial charge in [-0.3, -0.25) is 9.52 Å². The van der Waals surface area contributed by atoms with Crippen LogP contribution in [0.15, 0.2) is 53.9 Å². The van der Waals surface area contributed by atoms with Crippen LogP contribution in [0.25, 0.3) is 0 Å². The minimum atomic E-state index is -3.94. The van der Waals surface area contributed by atoms with E-state index in [4.69, 9.17) is 11.6 Å². The maximum Gasteiger partial charge on any atom is 0.263 e. The Kier molecular flexibility index (Phi) is 5.87. The third-order valence-electron chi connectivity index (χ3n) is 3.74. The number of benzene rings is 2. The molecule has 0 saturated heterocycles. The number of nitrogens with one attached hydrogen (secondary N) is 2. The third-order valence-corrected chi connectivity index (χ3v) is 5.59. The van der Waals surface area contributed by atoms with Crippen LogP contribution in [0, 0.1) is 13.8 Å². The van der Waals surface area contributed by atoms with Gasteiger partial charge in [0.05, 0.1) is 10.7 Å². The second-order valence-electron chi connectivity index (χ2n) is 5.50. The highest BCUT2D eigenvalue weighted by Crippen LogP contribution is 2.27. The molecule has 25 heavy (non-hydrogen) atoms. The molecule has 0 spiro atoms. The third kappa shape index (κ3) is 4.41. The van der Waals surface area contributed by atoms with E-state index in [0.717, 1.165) is 11.1 Å². The molecule has 132 valence electrons. The minimum Gasteiger partial charge on any atom is -0.349 e. The average Bonchev–Trinajstić information content (AvgIpc) is 2.57. The van der Waals surface area contributed by atoms with Gasteiger partial charge in [-0.1, -0.05) is 29.8 Å². The summed E-state index contributed by atoms with van der Waals surface area (Å²) in [6, 6.07) is 9.45. The summed E-state index contributed by atoms with van der Waals surface area (Å²) in [6.45, 7) is 7.52. The number of hydrogen-bond acceptors (Lipinski definition) is 3. The molecule has 0 heterocycles. The van der Waals surface area contributed by atoms with Crippen molar-refractivity contribution >= 4 is 33.2 Å². The first kappa shape index (κ1) is 19.0. The van der Waals surface area contributed by atoms with E-state index in [9.17, 15) is 13.2 Å². The smallest absolute Gasteiger partial charge is 0.263 e. The fraction of sp³-hybridized carbons (Fsp3) is 0.167. The van der Waals surface area contributed by atoms with Gasteiger partial charge in [-0.15, -0.1) is 6.58 Å². The van der Waals surface area contributed by atoms with E-state index in [1.54, 1.807) is 12.1 Å². The normalized spacial score (nSPS) is 11.0. The quantitative estimate of drug-likeness (QED) is 0.753. The fourth-order valence-corrected chi connectivity index (χ4v) is 3.83. The predicted octanol–water partition coefficient (Wildman–Crippen LogP) is 3.67. The SMILES string of the molecule is C=CCNC(=O)c1ccc(Cl)c(S(=O)(=O)Nc2cccc(C)c2C)c1. The number of amides is 1. The van der Waals surface area contributed by atoms with Crippen molar-refractivity contribution in [2.75, 3.05) is 11.3 Å². The van der Waals surface area contributed by atoms with Crippen LogP contribution >= 0.6 is 11.6 Å². The van der Waals surface area contributed by atoms with Gasteiger partial charge in [0.2, 0.25) is 0 Å². The first-order valence-corrected chi connectivity index (χ1v) is 9.40. The Balaban J connectivity index is 2.40. The molecule has 0 aliphatic rings. The molecule has 0 saturated carbocycles. The Labute approximate surface area is 152 Å². The summed E-state index contributed by atoms with van der Waals surface area (Å²) >= 11 is 6.06. The lowest BCUT2D eigenvalue weighted by molar-refractivity contribution is 0.0958. The van der Waals surface area contributed by atoms with E-state index >= 15 is 0 Å². The number of sulfonamides is 1. The van der Waals surface area contributed by atoms with Gasteiger partial charge >= 0.3 is 0 Å². The lowest BCUT2D eigenvalue weighted by Gasteiger charge is -2.14. The van der Waals surface area contributed by atoms with Crippen LogP contribution in [0.3, 0.4) is 0 Å². The number of halogens is 1. The number of carbonyl (C=O) groups excluding carboxylic acids is 1. The summed E-state index contributed by atoms with van der Waals surface area (Å²) in [6.07, 6.45) is 1.54. The minimum absolute atomic E-state index is 0.0399. The average molecular weight is 379 g/mol. The van der Waals surface area contributed by atoms with Gasteiger partial charge in [0.15, 0.2) is 0 Å². The zero-order valence-corrected chi connectivity index (χ0v) is 15.5. The van der Waals surface area contributed by atoms with Crippen molar-refractivity contribution in [2.45, 2.75) is 18.7 Å². The molecule has 2 N–H and O–H groups in total. The van der Waals surface area contributed by atoms with Gasteiger partial charge in [0, 0.05) is 12.1 Å². The summed E-state index contributed by atoms with van der Waals surface area (Å²) < 4.78 is 28.0. The van der Waals surface area contributed by atoms with Crippen LogP contribution in [0.4, 0.5) is 5.69 Å². The van der Waals surface area contributed by atoms with Crippen molar-refractivity contribution in [1.82, 2.24) is 5.32 Å². The molecule has 0 aliphatic carbocycles. The van der Waals surface area contributed by atoms with Crippen molar-refractivity contribution in [2.24, 2.45) is 0 Å². The number of aryl methyl sites for hydroxylation is 1.